The Kier molecular flexibility index (Phi) is 5.58. The van der Waals surface area contributed by atoms with Crippen LogP contribution in [0.1, 0.15) is 30.5 Å². The minimum absolute atomic E-state index is 0.0757. The largest absolute Gasteiger partial charge is 0.492 e. The zero-order valence-electron chi connectivity index (χ0n) is 14.9. The molecular formula is C19H22N2O4S. The van der Waals surface area contributed by atoms with Gasteiger partial charge in [-0.15, -0.1) is 0 Å². The van der Waals surface area contributed by atoms with E-state index in [1.54, 1.807) is 6.20 Å². The zero-order valence-corrected chi connectivity index (χ0v) is 15.7. The molecule has 26 heavy (non-hydrogen) atoms. The molecule has 0 fully saturated rings. The first-order chi connectivity index (χ1) is 12.5. The Morgan fingerprint density at radius 1 is 1.58 bits per heavy atom. The molecule has 2 heterocycles. The van der Waals surface area contributed by atoms with Gasteiger partial charge < -0.3 is 19.9 Å². The van der Waals surface area contributed by atoms with Crippen molar-refractivity contribution < 1.29 is 19.4 Å². The fourth-order valence-corrected chi connectivity index (χ4v) is 3.85. The highest BCUT2D eigenvalue weighted by atomic mass is 32.1. The van der Waals surface area contributed by atoms with Crippen LogP contribution in [0.5, 0.6) is 10.8 Å². The highest BCUT2D eigenvalue weighted by Gasteiger charge is 2.25. The van der Waals surface area contributed by atoms with Crippen LogP contribution in [0.2, 0.25) is 0 Å². The first-order valence-corrected chi connectivity index (χ1v) is 9.29. The van der Waals surface area contributed by atoms with Crippen LogP contribution < -0.4 is 14.8 Å². The third-order valence-corrected chi connectivity index (χ3v) is 4.97. The first-order valence-electron chi connectivity index (χ1n) is 8.47. The zero-order chi connectivity index (χ0) is 18.7. The number of benzene rings is 1. The topological polar surface area (TPSA) is 80.7 Å². The van der Waals surface area contributed by atoms with E-state index in [4.69, 9.17) is 9.47 Å². The minimum Gasteiger partial charge on any atom is -0.492 e. The Balaban J connectivity index is 2.01. The SMILES string of the molecule is C=CC(=O)NCc1cc(-c2ncc(OC(C)C)s2)c2c(c1CO)CCO2. The van der Waals surface area contributed by atoms with E-state index in [2.05, 4.69) is 16.9 Å². The maximum atomic E-state index is 11.5. The Hall–Kier alpha value is -2.38. The number of aliphatic hydroxyl groups excluding tert-OH is 1. The Labute approximate surface area is 156 Å². The normalized spacial score (nSPS) is 12.6. The number of aromatic nitrogens is 1. The molecule has 0 bridgehead atoms. The van der Waals surface area contributed by atoms with Crippen LogP contribution in [-0.4, -0.2) is 28.7 Å². The number of amides is 1. The van der Waals surface area contributed by atoms with Crippen LogP contribution in [0.25, 0.3) is 10.6 Å². The maximum absolute atomic E-state index is 11.5. The molecule has 0 saturated carbocycles. The van der Waals surface area contributed by atoms with Crippen LogP contribution in [0.3, 0.4) is 0 Å². The van der Waals surface area contributed by atoms with E-state index in [1.165, 1.54) is 17.4 Å². The summed E-state index contributed by atoms with van der Waals surface area (Å²) in [5.74, 6) is 0.507. The van der Waals surface area contributed by atoms with Gasteiger partial charge in [-0.2, -0.15) is 0 Å². The molecule has 0 atom stereocenters. The van der Waals surface area contributed by atoms with Gasteiger partial charge in [0.25, 0.3) is 0 Å². The number of carbonyl (C=O) groups is 1. The second-order valence-corrected chi connectivity index (χ2v) is 7.19. The second-order valence-electron chi connectivity index (χ2n) is 6.20. The minimum atomic E-state index is -0.256. The number of thiazole rings is 1. The maximum Gasteiger partial charge on any atom is 0.243 e. The van der Waals surface area contributed by atoms with Gasteiger partial charge in [-0.05, 0) is 37.1 Å². The summed E-state index contributed by atoms with van der Waals surface area (Å²) in [6, 6.07) is 1.93. The van der Waals surface area contributed by atoms with Crippen molar-refractivity contribution in [3.8, 4) is 21.4 Å². The van der Waals surface area contributed by atoms with Gasteiger partial charge in [0.15, 0.2) is 5.06 Å². The molecule has 0 saturated heterocycles. The Morgan fingerprint density at radius 3 is 3.08 bits per heavy atom. The van der Waals surface area contributed by atoms with Gasteiger partial charge in [0, 0.05) is 18.5 Å². The van der Waals surface area contributed by atoms with Crippen molar-refractivity contribution in [2.75, 3.05) is 6.61 Å². The van der Waals surface area contributed by atoms with Gasteiger partial charge in [-0.1, -0.05) is 17.9 Å². The molecule has 0 aliphatic carbocycles. The fraction of sp³-hybridized carbons (Fsp3) is 0.368. The third kappa shape index (κ3) is 3.73. The lowest BCUT2D eigenvalue weighted by Crippen LogP contribution is -2.21. The Bertz CT molecular complexity index is 829. The number of ether oxygens (including phenoxy) is 2. The fourth-order valence-electron chi connectivity index (χ4n) is 2.94. The number of hydrogen-bond acceptors (Lipinski definition) is 6. The molecule has 0 unspecified atom stereocenters. The molecule has 138 valence electrons. The molecule has 2 aromatic rings. The van der Waals surface area contributed by atoms with Gasteiger partial charge >= 0.3 is 0 Å². The molecule has 0 radical (unpaired) electrons. The number of fused-ring (bicyclic) bond motifs is 1. The first kappa shape index (κ1) is 18.4. The van der Waals surface area contributed by atoms with Gasteiger partial charge in [-0.3, -0.25) is 4.79 Å². The van der Waals surface area contributed by atoms with Crippen LogP contribution >= 0.6 is 11.3 Å². The molecule has 7 heteroatoms. The molecule has 6 nitrogen and oxygen atoms in total. The lowest BCUT2D eigenvalue weighted by atomic mass is 9.96. The number of nitrogens with zero attached hydrogens (tertiary/aromatic N) is 1. The molecule has 1 aromatic carbocycles. The van der Waals surface area contributed by atoms with Crippen molar-refractivity contribution in [2.24, 2.45) is 0 Å². The van der Waals surface area contributed by atoms with Crippen molar-refractivity contribution in [3.05, 3.63) is 41.6 Å². The molecule has 1 amide bonds. The lowest BCUT2D eigenvalue weighted by Gasteiger charge is -2.15. The van der Waals surface area contributed by atoms with Gasteiger partial charge in [-0.25, -0.2) is 4.98 Å². The van der Waals surface area contributed by atoms with Crippen LogP contribution in [0.4, 0.5) is 0 Å². The summed E-state index contributed by atoms with van der Waals surface area (Å²) in [6.07, 6.45) is 3.74. The number of rotatable bonds is 7. The number of hydrogen-bond donors (Lipinski definition) is 2. The van der Waals surface area contributed by atoms with Crippen LogP contribution in [0, 0.1) is 0 Å². The van der Waals surface area contributed by atoms with Crippen LogP contribution in [0.15, 0.2) is 24.9 Å². The quantitative estimate of drug-likeness (QED) is 0.729. The van der Waals surface area contributed by atoms with E-state index in [9.17, 15) is 9.90 Å². The predicted molar refractivity (Wildman–Crippen MR) is 100 cm³/mol. The third-order valence-electron chi connectivity index (χ3n) is 4.05. The van der Waals surface area contributed by atoms with Crippen molar-refractivity contribution in [1.29, 1.82) is 0 Å². The number of nitrogens with one attached hydrogen (secondary N) is 1. The summed E-state index contributed by atoms with van der Waals surface area (Å²) in [5.41, 5.74) is 3.50. The van der Waals surface area contributed by atoms with Crippen LogP contribution in [-0.2, 0) is 24.4 Å². The molecule has 1 aliphatic heterocycles. The molecule has 3 rings (SSSR count). The average molecular weight is 374 g/mol. The average Bonchev–Trinajstić information content (AvgIpc) is 3.27. The summed E-state index contributed by atoms with van der Waals surface area (Å²) in [5, 5.41) is 14.2. The smallest absolute Gasteiger partial charge is 0.243 e. The van der Waals surface area contributed by atoms with Crippen molar-refractivity contribution in [3.63, 3.8) is 0 Å². The molecule has 1 aromatic heterocycles. The molecular weight excluding hydrogens is 352 g/mol. The molecule has 1 aliphatic rings. The summed E-state index contributed by atoms with van der Waals surface area (Å²) < 4.78 is 11.5. The second kappa shape index (κ2) is 7.88. The monoisotopic (exact) mass is 374 g/mol. The number of aliphatic hydroxyl groups is 1. The standard InChI is InChI=1S/C19H22N2O4S/c1-4-16(23)20-8-12-7-14(18-13(5-6-24-18)15(12)10-22)19-21-9-17(26-19)25-11(2)3/h4,7,9,11,22H,1,5-6,8,10H2,2-3H3,(H,20,23). The summed E-state index contributed by atoms with van der Waals surface area (Å²) in [7, 11) is 0. The summed E-state index contributed by atoms with van der Waals surface area (Å²) >= 11 is 1.45. The van der Waals surface area contributed by atoms with E-state index in [0.29, 0.717) is 13.2 Å². The van der Waals surface area contributed by atoms with Gasteiger partial charge in [0.1, 0.15) is 10.8 Å². The molecule has 0 spiro atoms. The van der Waals surface area contributed by atoms with E-state index in [1.807, 2.05) is 19.9 Å². The predicted octanol–water partition coefficient (Wildman–Crippen LogP) is 2.83. The highest BCUT2D eigenvalue weighted by molar-refractivity contribution is 7.16. The van der Waals surface area contributed by atoms with Crippen molar-refractivity contribution >= 4 is 17.2 Å². The van der Waals surface area contributed by atoms with E-state index in [-0.39, 0.29) is 18.6 Å². The van der Waals surface area contributed by atoms with E-state index >= 15 is 0 Å². The van der Waals surface area contributed by atoms with E-state index < -0.39 is 0 Å². The van der Waals surface area contributed by atoms with Crippen molar-refractivity contribution in [1.82, 2.24) is 10.3 Å². The highest BCUT2D eigenvalue weighted by Crippen LogP contribution is 2.43. The Morgan fingerprint density at radius 2 is 2.38 bits per heavy atom. The van der Waals surface area contributed by atoms with E-state index in [0.717, 1.165) is 44.5 Å². The number of carbonyl (C=O) groups excluding carboxylic acids is 1. The van der Waals surface area contributed by atoms with Gasteiger partial charge in [0.05, 0.1) is 31.1 Å². The summed E-state index contributed by atoms with van der Waals surface area (Å²) in [4.78, 5) is 16.0. The van der Waals surface area contributed by atoms with Gasteiger partial charge in [0.2, 0.25) is 5.91 Å². The molecule has 2 N–H and O–H groups in total. The lowest BCUT2D eigenvalue weighted by molar-refractivity contribution is -0.116. The summed E-state index contributed by atoms with van der Waals surface area (Å²) in [6.45, 7) is 8.17. The van der Waals surface area contributed by atoms with Crippen molar-refractivity contribution in [2.45, 2.75) is 39.5 Å².